The van der Waals surface area contributed by atoms with Crippen LogP contribution in [0.25, 0.3) is 0 Å². The standard InChI is InChI=1S/C10H7BClS/c12-9-5-2-1-4-8(9)11-10-6-3-7-13-10/h1-7H/q-1. The van der Waals surface area contributed by atoms with Gasteiger partial charge in [0.25, 0.3) is 0 Å². The Kier molecular flexibility index (Phi) is 2.72. The number of rotatable bonds is 2. The molecule has 1 heterocycles. The molecule has 13 heavy (non-hydrogen) atoms. The summed E-state index contributed by atoms with van der Waals surface area (Å²) in [5.41, 5.74) is 1.08. The van der Waals surface area contributed by atoms with Crippen LogP contribution in [0.2, 0.25) is 5.02 Å². The maximum Gasteiger partial charge on any atom is -0.0000139 e. The molecule has 3 heteroatoms. The Bertz CT molecular complexity index is 384. The quantitative estimate of drug-likeness (QED) is 0.659. The zero-order chi connectivity index (χ0) is 9.10. The van der Waals surface area contributed by atoms with Gasteiger partial charge in [-0.2, -0.15) is 11.3 Å². The monoisotopic (exact) mass is 205 g/mol. The normalized spacial score (nSPS) is 10.2. The van der Waals surface area contributed by atoms with Crippen molar-refractivity contribution in [3.8, 4) is 0 Å². The third kappa shape index (κ3) is 2.14. The fourth-order valence-electron chi connectivity index (χ4n) is 1.12. The summed E-state index contributed by atoms with van der Waals surface area (Å²) in [7, 11) is 2.09. The van der Waals surface area contributed by atoms with Crippen LogP contribution < -0.4 is 10.2 Å². The van der Waals surface area contributed by atoms with Crippen molar-refractivity contribution in [3.63, 3.8) is 0 Å². The third-order valence-corrected chi connectivity index (χ3v) is 2.91. The van der Waals surface area contributed by atoms with Crippen LogP contribution in [0.15, 0.2) is 41.8 Å². The van der Waals surface area contributed by atoms with Crippen molar-refractivity contribution < 1.29 is 0 Å². The largest absolute Gasteiger partial charge is 0.256 e. The van der Waals surface area contributed by atoms with Gasteiger partial charge in [0.1, 0.15) is 0 Å². The Morgan fingerprint density at radius 2 is 1.92 bits per heavy atom. The van der Waals surface area contributed by atoms with E-state index >= 15 is 0 Å². The average molecular weight is 205 g/mol. The molecule has 0 bridgehead atoms. The molecule has 0 amide bonds. The maximum atomic E-state index is 6.01. The first-order valence-electron chi connectivity index (χ1n) is 3.99. The van der Waals surface area contributed by atoms with Gasteiger partial charge in [-0.1, -0.05) is 35.9 Å². The molecule has 0 saturated heterocycles. The Hall–Kier alpha value is -0.725. The van der Waals surface area contributed by atoms with E-state index in [0.29, 0.717) is 0 Å². The number of halogens is 1. The summed E-state index contributed by atoms with van der Waals surface area (Å²) in [6, 6.07) is 12.0. The predicted octanol–water partition coefficient (Wildman–Crippen LogP) is 2.06. The van der Waals surface area contributed by atoms with Crippen LogP contribution in [0.4, 0.5) is 0 Å². The summed E-state index contributed by atoms with van der Waals surface area (Å²) in [5, 5.41) is 2.86. The molecule has 2 rings (SSSR count). The van der Waals surface area contributed by atoms with Crippen molar-refractivity contribution in [2.24, 2.45) is 0 Å². The van der Waals surface area contributed by atoms with Gasteiger partial charge in [0.2, 0.25) is 0 Å². The van der Waals surface area contributed by atoms with Crippen molar-refractivity contribution >= 4 is 40.5 Å². The molecule has 2 radical (unpaired) electrons. The van der Waals surface area contributed by atoms with Gasteiger partial charge in [-0.25, -0.2) is 12.1 Å². The minimum absolute atomic E-state index is 0.802. The third-order valence-electron chi connectivity index (χ3n) is 1.75. The topological polar surface area (TPSA) is 0 Å². The zero-order valence-electron chi connectivity index (χ0n) is 6.91. The molecule has 0 aliphatic rings. The highest BCUT2D eigenvalue weighted by atomic mass is 35.5. The summed E-state index contributed by atoms with van der Waals surface area (Å²) in [5.74, 6) is 0. The van der Waals surface area contributed by atoms with E-state index in [0.717, 1.165) is 10.5 Å². The molecule has 64 valence electrons. The van der Waals surface area contributed by atoms with Gasteiger partial charge in [0.05, 0.1) is 0 Å². The number of thiophene rings is 1. The van der Waals surface area contributed by atoms with E-state index in [9.17, 15) is 0 Å². The van der Waals surface area contributed by atoms with E-state index in [-0.39, 0.29) is 0 Å². The lowest BCUT2D eigenvalue weighted by atomic mass is 9.69. The summed E-state index contributed by atoms with van der Waals surface area (Å²) in [6.45, 7) is 0. The van der Waals surface area contributed by atoms with E-state index in [1.54, 1.807) is 11.3 Å². The van der Waals surface area contributed by atoms with Crippen molar-refractivity contribution in [2.45, 2.75) is 0 Å². The fraction of sp³-hybridized carbons (Fsp3) is 0. The first-order chi connectivity index (χ1) is 6.36. The highest BCUT2D eigenvalue weighted by Gasteiger charge is 1.87. The van der Waals surface area contributed by atoms with Gasteiger partial charge in [-0.3, -0.25) is 5.46 Å². The summed E-state index contributed by atoms with van der Waals surface area (Å²) in [4.78, 5) is 0. The van der Waals surface area contributed by atoms with Crippen molar-refractivity contribution in [3.05, 3.63) is 46.8 Å². The van der Waals surface area contributed by atoms with Gasteiger partial charge in [0, 0.05) is 0 Å². The predicted molar refractivity (Wildman–Crippen MR) is 60.8 cm³/mol. The van der Waals surface area contributed by atoms with Crippen molar-refractivity contribution in [1.29, 1.82) is 0 Å². The first-order valence-corrected chi connectivity index (χ1v) is 5.25. The van der Waals surface area contributed by atoms with Crippen molar-refractivity contribution in [1.82, 2.24) is 0 Å². The SMILES string of the molecule is Clc1ccccc1[B-]c1cccs1. The van der Waals surface area contributed by atoms with Crippen LogP contribution in [0, 0.1) is 0 Å². The van der Waals surface area contributed by atoms with Crippen LogP contribution in [-0.2, 0) is 0 Å². The van der Waals surface area contributed by atoms with Crippen LogP contribution in [-0.4, -0.2) is 7.28 Å². The zero-order valence-corrected chi connectivity index (χ0v) is 8.48. The fourth-order valence-corrected chi connectivity index (χ4v) is 1.98. The highest BCUT2D eigenvalue weighted by molar-refractivity contribution is 7.21. The molecular weight excluding hydrogens is 198 g/mol. The average Bonchev–Trinajstić information content (AvgIpc) is 2.61. The maximum absolute atomic E-state index is 6.01. The lowest BCUT2D eigenvalue weighted by Crippen LogP contribution is -2.25. The second kappa shape index (κ2) is 3.99. The second-order valence-corrected chi connectivity index (χ2v) is 4.07. The second-order valence-electron chi connectivity index (χ2n) is 2.68. The van der Waals surface area contributed by atoms with Gasteiger partial charge in [-0.15, -0.1) is 6.07 Å². The Morgan fingerprint density at radius 3 is 2.62 bits per heavy atom. The van der Waals surface area contributed by atoms with E-state index in [1.807, 2.05) is 30.3 Å². The highest BCUT2D eigenvalue weighted by Crippen LogP contribution is 2.03. The molecule has 0 spiro atoms. The van der Waals surface area contributed by atoms with Crippen LogP contribution in [0.5, 0.6) is 0 Å². The first kappa shape index (κ1) is 8.85. The molecule has 1 aromatic heterocycles. The Morgan fingerprint density at radius 1 is 1.08 bits per heavy atom. The summed E-state index contributed by atoms with van der Waals surface area (Å²) < 4.78 is 1.23. The lowest BCUT2D eigenvalue weighted by molar-refractivity contribution is 1.77. The van der Waals surface area contributed by atoms with Crippen LogP contribution in [0.3, 0.4) is 0 Å². The Balaban J connectivity index is 2.24. The minimum atomic E-state index is 0.802. The summed E-state index contributed by atoms with van der Waals surface area (Å²) >= 11 is 7.73. The molecule has 0 unspecified atom stereocenters. The molecule has 0 saturated carbocycles. The smallest absolute Gasteiger partial charge is 0.0000139 e. The van der Waals surface area contributed by atoms with E-state index in [2.05, 4.69) is 18.7 Å². The van der Waals surface area contributed by atoms with Gasteiger partial charge < -0.3 is 0 Å². The number of benzene rings is 1. The van der Waals surface area contributed by atoms with Crippen LogP contribution in [0.1, 0.15) is 0 Å². The lowest BCUT2D eigenvalue weighted by Gasteiger charge is -2.15. The Labute approximate surface area is 87.4 Å². The number of hydrogen-bond acceptors (Lipinski definition) is 1. The molecule has 0 nitrogen and oxygen atoms in total. The van der Waals surface area contributed by atoms with E-state index in [4.69, 9.17) is 11.6 Å². The van der Waals surface area contributed by atoms with Gasteiger partial charge in [0.15, 0.2) is 0 Å². The summed E-state index contributed by atoms with van der Waals surface area (Å²) in [6.07, 6.45) is 0. The molecule has 0 atom stereocenters. The van der Waals surface area contributed by atoms with E-state index in [1.165, 1.54) is 4.78 Å². The molecule has 1 aromatic carbocycles. The minimum Gasteiger partial charge on any atom is -0.256 e. The number of hydrogen-bond donors (Lipinski definition) is 0. The van der Waals surface area contributed by atoms with Gasteiger partial charge in [-0.05, 0) is 16.5 Å². The molecule has 0 fully saturated rings. The molecule has 0 N–H and O–H groups in total. The van der Waals surface area contributed by atoms with E-state index < -0.39 is 0 Å². The molecular formula is C10H7BClS-. The van der Waals surface area contributed by atoms with Gasteiger partial charge >= 0.3 is 0 Å². The molecule has 2 aromatic rings. The van der Waals surface area contributed by atoms with Crippen molar-refractivity contribution in [2.75, 3.05) is 0 Å². The molecule has 0 aliphatic carbocycles. The van der Waals surface area contributed by atoms with Crippen LogP contribution >= 0.6 is 22.9 Å². The molecule has 0 aliphatic heterocycles.